The molecule has 1 aromatic carbocycles. The van der Waals surface area contributed by atoms with Crippen molar-refractivity contribution in [2.45, 2.75) is 33.4 Å². The molecule has 0 aliphatic heterocycles. The average Bonchev–Trinajstić information content (AvgIpc) is 2.85. The Kier molecular flexibility index (Phi) is 6.31. The summed E-state index contributed by atoms with van der Waals surface area (Å²) < 4.78 is 30.0. The van der Waals surface area contributed by atoms with Gasteiger partial charge in [0.2, 0.25) is 0 Å². The van der Waals surface area contributed by atoms with Crippen LogP contribution in [-0.2, 0) is 23.3 Å². The van der Waals surface area contributed by atoms with Gasteiger partial charge in [-0.15, -0.1) is 0 Å². The molecule has 0 aliphatic rings. The smallest absolute Gasteiger partial charge is 0.265 e. The van der Waals surface area contributed by atoms with E-state index >= 15 is 0 Å². The number of aromatic nitrogens is 2. The maximum atomic E-state index is 12.2. The summed E-state index contributed by atoms with van der Waals surface area (Å²) in [6, 6.07) is 11.9. The molecule has 0 saturated heterocycles. The van der Waals surface area contributed by atoms with Gasteiger partial charge in [-0.25, -0.2) is 0 Å². The van der Waals surface area contributed by atoms with Gasteiger partial charge in [-0.2, -0.15) is 27.8 Å². The van der Waals surface area contributed by atoms with E-state index in [0.717, 1.165) is 26.8 Å². The molecule has 2 aromatic rings. The predicted octanol–water partition coefficient (Wildman–Crippen LogP) is 1.73. The van der Waals surface area contributed by atoms with Crippen LogP contribution in [0.15, 0.2) is 30.3 Å². The number of benzene rings is 1. The first-order chi connectivity index (χ1) is 11.8. The molecule has 1 aromatic heterocycles. The Hall–Kier alpha value is -2.21. The van der Waals surface area contributed by atoms with Crippen molar-refractivity contribution in [3.63, 3.8) is 0 Å². The van der Waals surface area contributed by atoms with Gasteiger partial charge in [0.05, 0.1) is 18.3 Å². The molecule has 0 fully saturated rings. The molecule has 1 N–H and O–H groups in total. The lowest BCUT2D eigenvalue weighted by Gasteiger charge is -2.16. The first kappa shape index (κ1) is 19.1. The highest BCUT2D eigenvalue weighted by Crippen LogP contribution is 2.15. The van der Waals surface area contributed by atoms with E-state index in [4.69, 9.17) is 5.26 Å². The van der Waals surface area contributed by atoms with E-state index in [-0.39, 0.29) is 19.5 Å². The average molecular weight is 361 g/mol. The summed E-state index contributed by atoms with van der Waals surface area (Å²) in [5.74, 6) is 0. The van der Waals surface area contributed by atoms with Gasteiger partial charge in [-0.3, -0.25) is 4.68 Å². The van der Waals surface area contributed by atoms with Crippen molar-refractivity contribution in [2.24, 2.45) is 0 Å². The van der Waals surface area contributed by atoms with Crippen molar-refractivity contribution in [1.82, 2.24) is 18.8 Å². The molecular formula is C17H23N5O2S. The Morgan fingerprint density at radius 1 is 1.28 bits per heavy atom. The number of hydrogen-bond acceptors (Lipinski definition) is 4. The van der Waals surface area contributed by atoms with Gasteiger partial charge in [0.1, 0.15) is 0 Å². The second kappa shape index (κ2) is 8.25. The lowest BCUT2D eigenvalue weighted by molar-refractivity contribution is 0.464. The Bertz CT molecular complexity index is 853. The minimum Gasteiger partial charge on any atom is -0.265 e. The van der Waals surface area contributed by atoms with Crippen molar-refractivity contribution in [1.29, 1.82) is 5.26 Å². The van der Waals surface area contributed by atoms with E-state index in [9.17, 15) is 8.42 Å². The number of nitriles is 1. The highest BCUT2D eigenvalue weighted by atomic mass is 32.2. The van der Waals surface area contributed by atoms with Crippen molar-refractivity contribution in [3.8, 4) is 6.07 Å². The van der Waals surface area contributed by atoms with Crippen LogP contribution in [0.4, 0.5) is 0 Å². The maximum absolute atomic E-state index is 12.2. The van der Waals surface area contributed by atoms with Crippen LogP contribution < -0.4 is 4.72 Å². The molecule has 0 saturated carbocycles. The summed E-state index contributed by atoms with van der Waals surface area (Å²) in [6.45, 7) is 4.79. The zero-order chi connectivity index (χ0) is 18.4. The van der Waals surface area contributed by atoms with Crippen molar-refractivity contribution in [2.75, 3.05) is 13.6 Å². The molecule has 8 heteroatoms. The van der Waals surface area contributed by atoms with E-state index in [2.05, 4.69) is 9.82 Å². The normalized spacial score (nSPS) is 11.6. The molecule has 134 valence electrons. The third kappa shape index (κ3) is 4.89. The van der Waals surface area contributed by atoms with E-state index in [1.165, 1.54) is 7.05 Å². The van der Waals surface area contributed by atoms with Crippen LogP contribution in [0.25, 0.3) is 0 Å². The number of nitrogens with one attached hydrogen (secondary N) is 1. The SMILES string of the molecule is Cc1nn(Cc2ccccc2)c(C)c1CNS(=O)(=O)N(C)CCC#N. The Labute approximate surface area is 149 Å². The van der Waals surface area contributed by atoms with E-state index in [1.807, 2.05) is 54.9 Å². The predicted molar refractivity (Wildman–Crippen MR) is 95.9 cm³/mol. The Balaban J connectivity index is 2.09. The third-order valence-corrected chi connectivity index (χ3v) is 5.60. The topological polar surface area (TPSA) is 91.0 Å². The van der Waals surface area contributed by atoms with E-state index < -0.39 is 10.2 Å². The van der Waals surface area contributed by atoms with Crippen molar-refractivity contribution in [3.05, 3.63) is 52.8 Å². The summed E-state index contributed by atoms with van der Waals surface area (Å²) >= 11 is 0. The van der Waals surface area contributed by atoms with Gasteiger partial charge in [0.25, 0.3) is 10.2 Å². The molecule has 1 heterocycles. The minimum absolute atomic E-state index is 0.157. The van der Waals surface area contributed by atoms with Gasteiger partial charge in [0.15, 0.2) is 0 Å². The molecule has 0 radical (unpaired) electrons. The van der Waals surface area contributed by atoms with E-state index in [0.29, 0.717) is 6.54 Å². The Morgan fingerprint density at radius 2 is 1.96 bits per heavy atom. The molecule has 0 unspecified atom stereocenters. The highest BCUT2D eigenvalue weighted by molar-refractivity contribution is 7.87. The van der Waals surface area contributed by atoms with Crippen LogP contribution in [0.2, 0.25) is 0 Å². The highest BCUT2D eigenvalue weighted by Gasteiger charge is 2.19. The molecule has 0 amide bonds. The molecule has 0 atom stereocenters. The summed E-state index contributed by atoms with van der Waals surface area (Å²) in [5, 5.41) is 13.1. The summed E-state index contributed by atoms with van der Waals surface area (Å²) in [6.07, 6.45) is 0.157. The van der Waals surface area contributed by atoms with Crippen LogP contribution in [0, 0.1) is 25.2 Å². The number of rotatable bonds is 8. The molecule has 7 nitrogen and oxygen atoms in total. The maximum Gasteiger partial charge on any atom is 0.279 e. The number of nitrogens with zero attached hydrogens (tertiary/aromatic N) is 4. The quantitative estimate of drug-likeness (QED) is 0.775. The van der Waals surface area contributed by atoms with Crippen molar-refractivity contribution >= 4 is 10.2 Å². The molecule has 2 rings (SSSR count). The molecule has 0 spiro atoms. The third-order valence-electron chi connectivity index (χ3n) is 4.09. The minimum atomic E-state index is -3.62. The van der Waals surface area contributed by atoms with Crippen LogP contribution in [0.1, 0.15) is 28.9 Å². The zero-order valence-corrected chi connectivity index (χ0v) is 15.5. The fraction of sp³-hybridized carbons (Fsp3) is 0.412. The Morgan fingerprint density at radius 3 is 2.60 bits per heavy atom. The van der Waals surface area contributed by atoms with Gasteiger partial charge in [-0.1, -0.05) is 30.3 Å². The summed E-state index contributed by atoms with van der Waals surface area (Å²) in [7, 11) is -2.16. The summed E-state index contributed by atoms with van der Waals surface area (Å²) in [5.41, 5.74) is 3.74. The monoisotopic (exact) mass is 361 g/mol. The van der Waals surface area contributed by atoms with Gasteiger partial charge in [-0.05, 0) is 19.4 Å². The standard InChI is InChI=1S/C17H23N5O2S/c1-14-17(12-19-25(23,24)21(3)11-7-10-18)15(2)22(20-14)13-16-8-5-4-6-9-16/h4-6,8-9,19H,7,11-13H2,1-3H3. The van der Waals surface area contributed by atoms with Crippen LogP contribution in [0.3, 0.4) is 0 Å². The first-order valence-electron chi connectivity index (χ1n) is 8.00. The van der Waals surface area contributed by atoms with Crippen LogP contribution in [-0.4, -0.2) is 36.1 Å². The van der Waals surface area contributed by atoms with Gasteiger partial charge < -0.3 is 0 Å². The number of hydrogen-bond donors (Lipinski definition) is 1. The summed E-state index contributed by atoms with van der Waals surface area (Å²) in [4.78, 5) is 0. The first-order valence-corrected chi connectivity index (χ1v) is 9.44. The second-order valence-electron chi connectivity index (χ2n) is 5.85. The lowest BCUT2D eigenvalue weighted by atomic mass is 10.2. The fourth-order valence-corrected chi connectivity index (χ4v) is 3.38. The van der Waals surface area contributed by atoms with Crippen molar-refractivity contribution < 1.29 is 8.42 Å². The molecule has 25 heavy (non-hydrogen) atoms. The van der Waals surface area contributed by atoms with Crippen LogP contribution in [0.5, 0.6) is 0 Å². The van der Waals surface area contributed by atoms with Crippen LogP contribution >= 0.6 is 0 Å². The van der Waals surface area contributed by atoms with Gasteiger partial charge >= 0.3 is 0 Å². The zero-order valence-electron chi connectivity index (χ0n) is 14.7. The fourth-order valence-electron chi connectivity index (χ4n) is 2.50. The molecular weight excluding hydrogens is 338 g/mol. The lowest BCUT2D eigenvalue weighted by Crippen LogP contribution is -2.38. The molecule has 0 bridgehead atoms. The second-order valence-corrected chi connectivity index (χ2v) is 7.71. The number of aryl methyl sites for hydroxylation is 1. The molecule has 0 aliphatic carbocycles. The van der Waals surface area contributed by atoms with Gasteiger partial charge in [0, 0.05) is 37.8 Å². The largest absolute Gasteiger partial charge is 0.279 e. The van der Waals surface area contributed by atoms with E-state index in [1.54, 1.807) is 0 Å².